The van der Waals surface area contributed by atoms with Gasteiger partial charge in [-0.05, 0) is 0 Å². The highest BCUT2D eigenvalue weighted by Crippen LogP contribution is 2.06. The van der Waals surface area contributed by atoms with Crippen LogP contribution in [0.3, 0.4) is 0 Å². The summed E-state index contributed by atoms with van der Waals surface area (Å²) < 4.78 is 14.9. The summed E-state index contributed by atoms with van der Waals surface area (Å²) in [5.41, 5.74) is 0. The molecule has 4 heteroatoms. The third-order valence-electron chi connectivity index (χ3n) is 1.21. The van der Waals surface area contributed by atoms with Crippen LogP contribution in [0.1, 0.15) is 0 Å². The van der Waals surface area contributed by atoms with Crippen LogP contribution in [0.4, 0.5) is 0 Å². The maximum absolute atomic E-state index is 5.02. The van der Waals surface area contributed by atoms with Gasteiger partial charge in [-0.15, -0.1) is 0 Å². The number of rotatable bonds is 2. The maximum atomic E-state index is 5.02. The summed E-state index contributed by atoms with van der Waals surface area (Å²) in [4.78, 5) is 0. The molecular weight excluding hydrogens is 139 g/mol. The Morgan fingerprint density at radius 1 is 1.44 bits per heavy atom. The first-order chi connectivity index (χ1) is 4.43. The van der Waals surface area contributed by atoms with E-state index in [1.807, 2.05) is 0 Å². The van der Waals surface area contributed by atoms with Crippen molar-refractivity contribution in [3.05, 3.63) is 0 Å². The molecule has 1 fully saturated rings. The van der Waals surface area contributed by atoms with E-state index in [2.05, 4.69) is 9.47 Å². The first kappa shape index (κ1) is 7.42. The number of hydrogen-bond acceptors (Lipinski definition) is 3. The quantitative estimate of drug-likeness (QED) is 0.534. The summed E-state index contributed by atoms with van der Waals surface area (Å²) >= 11 is 0. The Hall–Kier alpha value is 0.310. The lowest BCUT2D eigenvalue weighted by atomic mass is 10.2. The molecule has 1 aliphatic heterocycles. The molecule has 1 atom stereocenters. The first-order valence-corrected chi connectivity index (χ1v) is 3.38. The summed E-state index contributed by atoms with van der Waals surface area (Å²) in [5, 5.41) is 0. The number of ether oxygens (including phenoxy) is 2. The van der Waals surface area contributed by atoms with E-state index in [4.69, 9.17) is 14.0 Å². The molecule has 9 heavy (non-hydrogen) atoms. The Bertz CT molecular complexity index is 69.8. The highest BCUT2D eigenvalue weighted by atomic mass is 31.0. The molecule has 0 saturated carbocycles. The predicted molar refractivity (Wildman–Crippen MR) is 35.9 cm³/mol. The molecule has 1 unspecified atom stereocenters. The van der Waals surface area contributed by atoms with Crippen LogP contribution in [0.25, 0.3) is 0 Å². The van der Waals surface area contributed by atoms with Gasteiger partial charge < -0.3 is 14.0 Å². The van der Waals surface area contributed by atoms with Crippen LogP contribution in [0, 0.1) is 5.92 Å². The minimum absolute atomic E-state index is 0.413. The third-order valence-corrected chi connectivity index (χ3v) is 1.40. The van der Waals surface area contributed by atoms with Gasteiger partial charge in [0.2, 0.25) is 0 Å². The molecule has 0 radical (unpaired) electrons. The van der Waals surface area contributed by atoms with Crippen molar-refractivity contribution in [2.45, 2.75) is 0 Å². The molecule has 1 heterocycles. The van der Waals surface area contributed by atoms with E-state index in [9.17, 15) is 0 Å². The van der Waals surface area contributed by atoms with E-state index in [1.54, 1.807) is 0 Å². The molecule has 3 nitrogen and oxygen atoms in total. The second kappa shape index (κ2) is 4.18. The normalized spacial score (nSPS) is 22.3. The molecule has 0 aromatic carbocycles. The fourth-order valence-corrected chi connectivity index (χ4v) is 1.04. The molecule has 0 N–H and O–H groups in total. The molecule has 1 saturated heterocycles. The van der Waals surface area contributed by atoms with Crippen molar-refractivity contribution < 1.29 is 14.0 Å². The molecule has 0 aromatic heterocycles. The lowest BCUT2D eigenvalue weighted by molar-refractivity contribution is -0.131. The topological polar surface area (TPSA) is 27.7 Å². The van der Waals surface area contributed by atoms with Gasteiger partial charge in [0.1, 0.15) is 6.79 Å². The van der Waals surface area contributed by atoms with Crippen LogP contribution in [0.15, 0.2) is 0 Å². The fraction of sp³-hybridized carbons (Fsp3) is 1.00. The largest absolute Gasteiger partial charge is 0.365 e. The van der Waals surface area contributed by atoms with Gasteiger partial charge in [-0.25, -0.2) is 0 Å². The third kappa shape index (κ3) is 2.59. The standard InChI is InChI=1S/C5H11O3P/c9-8-3-5-1-6-4-7-2-5/h5H,1-4,9H2. The minimum atomic E-state index is 0.413. The molecule has 0 aromatic rings. The van der Waals surface area contributed by atoms with Gasteiger partial charge >= 0.3 is 0 Å². The lowest BCUT2D eigenvalue weighted by Crippen LogP contribution is -2.26. The van der Waals surface area contributed by atoms with Gasteiger partial charge in [0.25, 0.3) is 0 Å². The molecular formula is C5H11O3P. The van der Waals surface area contributed by atoms with E-state index in [1.165, 1.54) is 0 Å². The van der Waals surface area contributed by atoms with Gasteiger partial charge in [0, 0.05) is 15.4 Å². The van der Waals surface area contributed by atoms with Gasteiger partial charge in [-0.1, -0.05) is 0 Å². The van der Waals surface area contributed by atoms with Crippen molar-refractivity contribution in [1.29, 1.82) is 0 Å². The van der Waals surface area contributed by atoms with Crippen LogP contribution in [-0.4, -0.2) is 26.6 Å². The zero-order valence-electron chi connectivity index (χ0n) is 5.21. The van der Waals surface area contributed by atoms with E-state index >= 15 is 0 Å². The average Bonchev–Trinajstić information content (AvgIpc) is 1.91. The van der Waals surface area contributed by atoms with Crippen molar-refractivity contribution in [1.82, 2.24) is 0 Å². The fourth-order valence-electron chi connectivity index (χ4n) is 0.769. The lowest BCUT2D eigenvalue weighted by Gasteiger charge is -2.20. The molecule has 1 rings (SSSR count). The highest BCUT2D eigenvalue weighted by molar-refractivity contribution is 7.09. The van der Waals surface area contributed by atoms with Crippen molar-refractivity contribution in [3.63, 3.8) is 0 Å². The molecule has 0 spiro atoms. The Balaban J connectivity index is 2.08. The van der Waals surface area contributed by atoms with E-state index in [0.717, 1.165) is 13.2 Å². The van der Waals surface area contributed by atoms with Gasteiger partial charge in [0.05, 0.1) is 19.8 Å². The summed E-state index contributed by atoms with van der Waals surface area (Å²) in [7, 11) is 2.22. The van der Waals surface area contributed by atoms with Gasteiger partial charge in [-0.2, -0.15) is 0 Å². The van der Waals surface area contributed by atoms with Crippen molar-refractivity contribution in [2.24, 2.45) is 5.92 Å². The van der Waals surface area contributed by atoms with E-state index in [-0.39, 0.29) is 0 Å². The molecule has 0 bridgehead atoms. The average molecular weight is 150 g/mol. The summed E-state index contributed by atoms with van der Waals surface area (Å²) in [6.07, 6.45) is 0. The first-order valence-electron chi connectivity index (χ1n) is 2.90. The zero-order chi connectivity index (χ0) is 6.53. The van der Waals surface area contributed by atoms with Crippen molar-refractivity contribution in [2.75, 3.05) is 26.6 Å². The Morgan fingerprint density at radius 3 is 2.67 bits per heavy atom. The molecule has 1 aliphatic rings. The van der Waals surface area contributed by atoms with Gasteiger partial charge in [-0.3, -0.25) is 0 Å². The Morgan fingerprint density at radius 2 is 2.11 bits per heavy atom. The molecule has 0 aliphatic carbocycles. The monoisotopic (exact) mass is 150 g/mol. The van der Waals surface area contributed by atoms with E-state index < -0.39 is 0 Å². The van der Waals surface area contributed by atoms with Crippen LogP contribution < -0.4 is 0 Å². The van der Waals surface area contributed by atoms with Crippen molar-refractivity contribution >= 4 is 9.47 Å². The van der Waals surface area contributed by atoms with Gasteiger partial charge in [0.15, 0.2) is 0 Å². The minimum Gasteiger partial charge on any atom is -0.365 e. The second-order valence-corrected chi connectivity index (χ2v) is 2.39. The van der Waals surface area contributed by atoms with E-state index in [0.29, 0.717) is 19.3 Å². The summed E-state index contributed by atoms with van der Waals surface area (Å²) in [6.45, 7) is 2.65. The zero-order valence-corrected chi connectivity index (χ0v) is 6.36. The SMILES string of the molecule is POCC1COCOC1. The highest BCUT2D eigenvalue weighted by Gasteiger charge is 2.12. The molecule has 54 valence electrons. The van der Waals surface area contributed by atoms with Crippen molar-refractivity contribution in [3.8, 4) is 0 Å². The van der Waals surface area contributed by atoms with Crippen LogP contribution in [0.5, 0.6) is 0 Å². The summed E-state index contributed by atoms with van der Waals surface area (Å²) in [6, 6.07) is 0. The maximum Gasteiger partial charge on any atom is 0.146 e. The Labute approximate surface area is 57.0 Å². The van der Waals surface area contributed by atoms with Crippen LogP contribution in [-0.2, 0) is 14.0 Å². The smallest absolute Gasteiger partial charge is 0.146 e. The number of hydrogen-bond donors (Lipinski definition) is 0. The second-order valence-electron chi connectivity index (χ2n) is 2.06. The van der Waals surface area contributed by atoms with Crippen LogP contribution in [0.2, 0.25) is 0 Å². The predicted octanol–water partition coefficient (Wildman–Crippen LogP) is 0.414. The van der Waals surface area contributed by atoms with Crippen LogP contribution >= 0.6 is 9.47 Å². The summed E-state index contributed by atoms with van der Waals surface area (Å²) in [5.74, 6) is 0.413. The molecule has 0 amide bonds. The Kier molecular flexibility index (Phi) is 3.44.